The first-order valence-corrected chi connectivity index (χ1v) is 9.95. The van der Waals surface area contributed by atoms with Crippen LogP contribution in [0.2, 0.25) is 5.02 Å². The van der Waals surface area contributed by atoms with Crippen LogP contribution in [0.15, 0.2) is 36.4 Å². The van der Waals surface area contributed by atoms with Crippen molar-refractivity contribution in [3.05, 3.63) is 63.9 Å². The maximum absolute atomic E-state index is 13.2. The molecule has 0 N–H and O–H groups in total. The van der Waals surface area contributed by atoms with Gasteiger partial charge in [0.1, 0.15) is 11.6 Å². The molecule has 0 unspecified atom stereocenters. The average molecular weight is 419 g/mol. The summed E-state index contributed by atoms with van der Waals surface area (Å²) in [6, 6.07) is 9.60. The molecular weight excluding hydrogens is 395 g/mol. The molecule has 5 nitrogen and oxygen atoms in total. The molecule has 1 aliphatic rings. The molecule has 0 aromatic heterocycles. The molecule has 1 aliphatic heterocycles. The van der Waals surface area contributed by atoms with Crippen LogP contribution in [0, 0.1) is 19.7 Å². The molecule has 0 saturated carbocycles. The normalized spacial score (nSPS) is 14.1. The fourth-order valence-electron chi connectivity index (χ4n) is 3.21. The fraction of sp³-hybridized carbons (Fsp3) is 0.364. The van der Waals surface area contributed by atoms with Crippen LogP contribution in [0.5, 0.6) is 5.75 Å². The number of ether oxygens (including phenoxy) is 1. The van der Waals surface area contributed by atoms with Gasteiger partial charge in [0, 0.05) is 26.2 Å². The van der Waals surface area contributed by atoms with E-state index in [2.05, 4.69) is 0 Å². The number of carbonyl (C=O) groups excluding carboxylic acids is 2. The van der Waals surface area contributed by atoms with Gasteiger partial charge in [-0.3, -0.25) is 9.59 Å². The predicted molar refractivity (Wildman–Crippen MR) is 110 cm³/mol. The number of nitrogens with zero attached hydrogens (tertiary/aromatic N) is 2. The molecular formula is C22H24ClFN2O3. The lowest BCUT2D eigenvalue weighted by molar-refractivity contribution is -0.133. The summed E-state index contributed by atoms with van der Waals surface area (Å²) in [7, 11) is 0. The van der Waals surface area contributed by atoms with Gasteiger partial charge in [0.2, 0.25) is 5.91 Å². The number of halogens is 2. The zero-order valence-electron chi connectivity index (χ0n) is 16.6. The first-order chi connectivity index (χ1) is 13.8. The van der Waals surface area contributed by atoms with Crippen molar-refractivity contribution in [1.29, 1.82) is 0 Å². The Hall–Kier alpha value is -2.60. The summed E-state index contributed by atoms with van der Waals surface area (Å²) >= 11 is 5.98. The van der Waals surface area contributed by atoms with Crippen molar-refractivity contribution >= 4 is 23.4 Å². The summed E-state index contributed by atoms with van der Waals surface area (Å²) < 4.78 is 18.9. The summed E-state index contributed by atoms with van der Waals surface area (Å²) in [5.74, 6) is 0.0263. The van der Waals surface area contributed by atoms with Gasteiger partial charge in [0.25, 0.3) is 5.91 Å². The van der Waals surface area contributed by atoms with Crippen molar-refractivity contribution in [2.75, 3.05) is 32.8 Å². The maximum atomic E-state index is 13.2. The Labute approximate surface area is 175 Å². The van der Waals surface area contributed by atoms with Gasteiger partial charge in [0.05, 0.1) is 23.6 Å². The molecule has 2 amide bonds. The molecule has 1 fully saturated rings. The van der Waals surface area contributed by atoms with Crippen LogP contribution in [0.25, 0.3) is 0 Å². The lowest BCUT2D eigenvalue weighted by Gasteiger charge is -2.35. The first-order valence-electron chi connectivity index (χ1n) is 9.57. The van der Waals surface area contributed by atoms with E-state index < -0.39 is 5.82 Å². The van der Waals surface area contributed by atoms with Crippen molar-refractivity contribution < 1.29 is 18.7 Å². The standard InChI is InChI=1S/C22H24ClFN2O3/c1-15-3-5-18(13-16(15)2)29-12-7-21(27)25-8-10-26(11-9-25)22(28)19-6-4-17(24)14-20(19)23/h3-6,13-14H,7-12H2,1-2H3. The SMILES string of the molecule is Cc1ccc(OCCC(=O)N2CCN(C(=O)c3ccc(F)cc3Cl)CC2)cc1C. The van der Waals surface area contributed by atoms with Gasteiger partial charge < -0.3 is 14.5 Å². The lowest BCUT2D eigenvalue weighted by atomic mass is 10.1. The minimum absolute atomic E-state index is 0.000692. The Kier molecular flexibility index (Phi) is 6.75. The number of rotatable bonds is 5. The fourth-order valence-corrected chi connectivity index (χ4v) is 3.46. The van der Waals surface area contributed by atoms with Crippen LogP contribution in [-0.2, 0) is 4.79 Å². The van der Waals surface area contributed by atoms with Gasteiger partial charge in [-0.05, 0) is 55.3 Å². The molecule has 29 heavy (non-hydrogen) atoms. The highest BCUT2D eigenvalue weighted by molar-refractivity contribution is 6.33. The van der Waals surface area contributed by atoms with Gasteiger partial charge in [-0.25, -0.2) is 4.39 Å². The second kappa shape index (κ2) is 9.27. The van der Waals surface area contributed by atoms with Crippen molar-refractivity contribution in [3.63, 3.8) is 0 Å². The molecule has 0 bridgehead atoms. The van der Waals surface area contributed by atoms with E-state index in [4.69, 9.17) is 16.3 Å². The van der Waals surface area contributed by atoms with E-state index in [1.54, 1.807) is 9.80 Å². The van der Waals surface area contributed by atoms with E-state index in [9.17, 15) is 14.0 Å². The van der Waals surface area contributed by atoms with Gasteiger partial charge in [-0.2, -0.15) is 0 Å². The monoisotopic (exact) mass is 418 g/mol. The van der Waals surface area contributed by atoms with E-state index >= 15 is 0 Å². The van der Waals surface area contributed by atoms with Gasteiger partial charge in [-0.15, -0.1) is 0 Å². The number of carbonyl (C=O) groups is 2. The summed E-state index contributed by atoms with van der Waals surface area (Å²) in [4.78, 5) is 28.4. The van der Waals surface area contributed by atoms with E-state index in [1.807, 2.05) is 32.0 Å². The predicted octanol–water partition coefficient (Wildman–Crippen LogP) is 3.85. The first kappa shape index (κ1) is 21.1. The zero-order valence-corrected chi connectivity index (χ0v) is 17.3. The number of amides is 2. The van der Waals surface area contributed by atoms with E-state index in [0.29, 0.717) is 32.8 Å². The third-order valence-corrected chi connectivity index (χ3v) is 5.46. The Balaban J connectivity index is 1.46. The van der Waals surface area contributed by atoms with E-state index in [0.717, 1.165) is 17.4 Å². The van der Waals surface area contributed by atoms with E-state index in [-0.39, 0.29) is 28.8 Å². The van der Waals surface area contributed by atoms with Crippen molar-refractivity contribution in [3.8, 4) is 5.75 Å². The molecule has 7 heteroatoms. The van der Waals surface area contributed by atoms with Crippen LogP contribution in [-0.4, -0.2) is 54.4 Å². The largest absolute Gasteiger partial charge is 0.493 e. The van der Waals surface area contributed by atoms with Crippen LogP contribution in [0.4, 0.5) is 4.39 Å². The van der Waals surface area contributed by atoms with Gasteiger partial charge in [0.15, 0.2) is 0 Å². The summed E-state index contributed by atoms with van der Waals surface area (Å²) in [6.07, 6.45) is 0.282. The lowest BCUT2D eigenvalue weighted by Crippen LogP contribution is -2.50. The Bertz CT molecular complexity index is 911. The molecule has 0 atom stereocenters. The quantitative estimate of drug-likeness (QED) is 0.741. The Morgan fingerprint density at radius 1 is 1.00 bits per heavy atom. The molecule has 0 aliphatic carbocycles. The van der Waals surface area contributed by atoms with Crippen molar-refractivity contribution in [1.82, 2.24) is 9.80 Å². The molecule has 0 spiro atoms. The topological polar surface area (TPSA) is 49.9 Å². The van der Waals surface area contributed by atoms with Crippen molar-refractivity contribution in [2.24, 2.45) is 0 Å². The maximum Gasteiger partial charge on any atom is 0.255 e. The summed E-state index contributed by atoms with van der Waals surface area (Å²) in [5, 5.41) is 0.0944. The molecule has 154 valence electrons. The number of aryl methyl sites for hydroxylation is 2. The zero-order chi connectivity index (χ0) is 21.0. The minimum atomic E-state index is -0.481. The van der Waals surface area contributed by atoms with Crippen LogP contribution >= 0.6 is 11.6 Å². The van der Waals surface area contributed by atoms with E-state index in [1.165, 1.54) is 17.7 Å². The Morgan fingerprint density at radius 2 is 1.69 bits per heavy atom. The van der Waals surface area contributed by atoms with Crippen molar-refractivity contribution in [2.45, 2.75) is 20.3 Å². The number of piperazine rings is 1. The highest BCUT2D eigenvalue weighted by atomic mass is 35.5. The minimum Gasteiger partial charge on any atom is -0.493 e. The van der Waals surface area contributed by atoms with Crippen LogP contribution in [0.1, 0.15) is 27.9 Å². The second-order valence-electron chi connectivity index (χ2n) is 7.14. The molecule has 3 rings (SSSR count). The number of hydrogen-bond donors (Lipinski definition) is 0. The average Bonchev–Trinajstić information content (AvgIpc) is 2.70. The number of hydrogen-bond acceptors (Lipinski definition) is 3. The second-order valence-corrected chi connectivity index (χ2v) is 7.55. The summed E-state index contributed by atoms with van der Waals surface area (Å²) in [6.45, 7) is 6.10. The third kappa shape index (κ3) is 5.26. The van der Waals surface area contributed by atoms with Gasteiger partial charge in [-0.1, -0.05) is 17.7 Å². The molecule has 1 saturated heterocycles. The smallest absolute Gasteiger partial charge is 0.255 e. The molecule has 1 heterocycles. The van der Waals surface area contributed by atoms with Crippen LogP contribution in [0.3, 0.4) is 0 Å². The molecule has 2 aromatic rings. The van der Waals surface area contributed by atoms with Crippen LogP contribution < -0.4 is 4.74 Å². The Morgan fingerprint density at radius 3 is 2.34 bits per heavy atom. The highest BCUT2D eigenvalue weighted by Gasteiger charge is 2.25. The highest BCUT2D eigenvalue weighted by Crippen LogP contribution is 2.20. The third-order valence-electron chi connectivity index (χ3n) is 5.14. The molecule has 0 radical (unpaired) electrons. The number of benzene rings is 2. The molecule has 2 aromatic carbocycles. The van der Waals surface area contributed by atoms with Gasteiger partial charge >= 0.3 is 0 Å². The summed E-state index contributed by atoms with van der Waals surface area (Å²) in [5.41, 5.74) is 2.62.